The van der Waals surface area contributed by atoms with Gasteiger partial charge in [0.25, 0.3) is 0 Å². The molecule has 0 atom stereocenters. The van der Waals surface area contributed by atoms with Crippen molar-refractivity contribution < 1.29 is 23.8 Å². The number of amides is 1. The zero-order valence-electron chi connectivity index (χ0n) is 18.4. The molecule has 1 aliphatic carbocycles. The summed E-state index contributed by atoms with van der Waals surface area (Å²) in [6.45, 7) is 0.292. The van der Waals surface area contributed by atoms with Crippen molar-refractivity contribution in [3.8, 4) is 17.2 Å². The van der Waals surface area contributed by atoms with E-state index in [0.717, 1.165) is 33.4 Å². The van der Waals surface area contributed by atoms with E-state index in [1.807, 2.05) is 42.5 Å². The SMILES string of the molecule is COc1cc(/C=C2/C(CNC(=O)Cc3ccccc3)=Cc3cc(F)ccc32)cc(OC)c1O. The van der Waals surface area contributed by atoms with E-state index < -0.39 is 0 Å². The molecule has 0 unspecified atom stereocenters. The number of carbonyl (C=O) groups is 1. The molecule has 3 aromatic rings. The molecule has 0 aliphatic heterocycles. The van der Waals surface area contributed by atoms with Crippen LogP contribution in [0.4, 0.5) is 4.39 Å². The third kappa shape index (κ3) is 4.90. The molecule has 168 valence electrons. The Bertz CT molecular complexity index is 1220. The average Bonchev–Trinajstić information content (AvgIpc) is 3.15. The lowest BCUT2D eigenvalue weighted by Gasteiger charge is -2.12. The molecule has 4 rings (SSSR count). The van der Waals surface area contributed by atoms with Gasteiger partial charge in [-0.2, -0.15) is 0 Å². The number of phenols is 1. The minimum atomic E-state index is -0.327. The Labute approximate surface area is 191 Å². The fraction of sp³-hybridized carbons (Fsp3) is 0.148. The van der Waals surface area contributed by atoms with Crippen molar-refractivity contribution in [2.24, 2.45) is 0 Å². The van der Waals surface area contributed by atoms with Crippen LogP contribution in [0.1, 0.15) is 22.3 Å². The fourth-order valence-corrected chi connectivity index (χ4v) is 3.85. The van der Waals surface area contributed by atoms with Gasteiger partial charge >= 0.3 is 0 Å². The lowest BCUT2D eigenvalue weighted by molar-refractivity contribution is -0.120. The van der Waals surface area contributed by atoms with Crippen LogP contribution in [0.25, 0.3) is 17.7 Å². The van der Waals surface area contributed by atoms with Crippen LogP contribution in [-0.4, -0.2) is 31.8 Å². The summed E-state index contributed by atoms with van der Waals surface area (Å²) in [5.41, 5.74) is 4.96. The molecule has 0 aromatic heterocycles. The zero-order valence-corrected chi connectivity index (χ0v) is 18.4. The number of hydrogen-bond donors (Lipinski definition) is 2. The van der Waals surface area contributed by atoms with Crippen LogP contribution in [0, 0.1) is 5.82 Å². The average molecular weight is 445 g/mol. The highest BCUT2D eigenvalue weighted by molar-refractivity contribution is 6.02. The predicted octanol–water partition coefficient (Wildman–Crippen LogP) is 4.85. The molecule has 0 saturated heterocycles. The van der Waals surface area contributed by atoms with Gasteiger partial charge in [0, 0.05) is 6.54 Å². The number of carbonyl (C=O) groups excluding carboxylic acids is 1. The second-order valence-electron chi connectivity index (χ2n) is 7.67. The number of ether oxygens (including phenoxy) is 2. The molecule has 0 saturated carbocycles. The van der Waals surface area contributed by atoms with E-state index in [-0.39, 0.29) is 35.4 Å². The fourth-order valence-electron chi connectivity index (χ4n) is 3.85. The van der Waals surface area contributed by atoms with Gasteiger partial charge in [-0.3, -0.25) is 4.79 Å². The summed E-state index contributed by atoms with van der Waals surface area (Å²) in [5, 5.41) is 13.2. The van der Waals surface area contributed by atoms with E-state index in [4.69, 9.17) is 9.47 Å². The molecule has 1 amide bonds. The Hall–Kier alpha value is -4.06. The van der Waals surface area contributed by atoms with Crippen molar-refractivity contribution in [3.05, 3.63) is 94.3 Å². The van der Waals surface area contributed by atoms with Crippen LogP contribution in [0.15, 0.2) is 66.2 Å². The maximum atomic E-state index is 13.9. The van der Waals surface area contributed by atoms with E-state index >= 15 is 0 Å². The van der Waals surface area contributed by atoms with Crippen LogP contribution in [-0.2, 0) is 11.2 Å². The highest BCUT2D eigenvalue weighted by atomic mass is 19.1. The summed E-state index contributed by atoms with van der Waals surface area (Å²) < 4.78 is 24.4. The van der Waals surface area contributed by atoms with Gasteiger partial charge in [-0.25, -0.2) is 4.39 Å². The summed E-state index contributed by atoms with van der Waals surface area (Å²) in [5.74, 6) is 0.0451. The van der Waals surface area contributed by atoms with Crippen LogP contribution >= 0.6 is 0 Å². The van der Waals surface area contributed by atoms with Crippen molar-refractivity contribution in [3.63, 3.8) is 0 Å². The molecule has 6 heteroatoms. The first-order valence-electron chi connectivity index (χ1n) is 10.5. The Morgan fingerprint density at radius 1 is 1.03 bits per heavy atom. The van der Waals surface area contributed by atoms with E-state index in [0.29, 0.717) is 6.54 Å². The van der Waals surface area contributed by atoms with Crippen molar-refractivity contribution in [1.29, 1.82) is 0 Å². The summed E-state index contributed by atoms with van der Waals surface area (Å²) in [7, 11) is 2.93. The molecule has 0 heterocycles. The second kappa shape index (κ2) is 9.61. The van der Waals surface area contributed by atoms with Crippen LogP contribution in [0.3, 0.4) is 0 Å². The van der Waals surface area contributed by atoms with Crippen molar-refractivity contribution in [1.82, 2.24) is 5.32 Å². The molecule has 1 aliphatic rings. The minimum Gasteiger partial charge on any atom is -0.502 e. The maximum absolute atomic E-state index is 13.9. The second-order valence-corrected chi connectivity index (χ2v) is 7.67. The standard InChI is InChI=1S/C27H24FNO4/c1-32-24-11-18(12-25(33-2)27(24)31)10-23-20(14-19-15-21(28)8-9-22(19)23)16-29-26(30)13-17-6-4-3-5-7-17/h3-12,14-15,31H,13,16H2,1-2H3,(H,29,30)/b23-10-. The lowest BCUT2D eigenvalue weighted by Crippen LogP contribution is -2.27. The van der Waals surface area contributed by atoms with Gasteiger partial charge in [-0.15, -0.1) is 0 Å². The number of methoxy groups -OCH3 is 2. The monoisotopic (exact) mass is 445 g/mol. The minimum absolute atomic E-state index is 0.0833. The van der Waals surface area contributed by atoms with Crippen LogP contribution in [0.2, 0.25) is 0 Å². The molecule has 5 nitrogen and oxygen atoms in total. The molecular weight excluding hydrogens is 421 g/mol. The van der Waals surface area contributed by atoms with E-state index in [9.17, 15) is 14.3 Å². The van der Waals surface area contributed by atoms with Crippen LogP contribution in [0.5, 0.6) is 17.2 Å². The van der Waals surface area contributed by atoms with E-state index in [1.165, 1.54) is 26.4 Å². The number of fused-ring (bicyclic) bond motifs is 1. The highest BCUT2D eigenvalue weighted by Crippen LogP contribution is 2.41. The quantitative estimate of drug-likeness (QED) is 0.546. The van der Waals surface area contributed by atoms with Crippen LogP contribution < -0.4 is 14.8 Å². The van der Waals surface area contributed by atoms with E-state index in [2.05, 4.69) is 5.32 Å². The maximum Gasteiger partial charge on any atom is 0.224 e. The van der Waals surface area contributed by atoms with Gasteiger partial charge in [0.15, 0.2) is 11.5 Å². The van der Waals surface area contributed by atoms with Gasteiger partial charge in [-0.05, 0) is 69.8 Å². The smallest absolute Gasteiger partial charge is 0.224 e. The number of aromatic hydroxyl groups is 1. The number of benzene rings is 3. The molecular formula is C27H24FNO4. The first-order chi connectivity index (χ1) is 16.0. The first-order valence-corrected chi connectivity index (χ1v) is 10.5. The third-order valence-electron chi connectivity index (χ3n) is 5.48. The number of nitrogens with one attached hydrogen (secondary N) is 1. The molecule has 0 bridgehead atoms. The summed E-state index contributed by atoms with van der Waals surface area (Å²) in [4.78, 5) is 12.5. The topological polar surface area (TPSA) is 67.8 Å². The van der Waals surface area contributed by atoms with Gasteiger partial charge in [0.05, 0.1) is 20.6 Å². The van der Waals surface area contributed by atoms with Gasteiger partial charge in [0.1, 0.15) is 5.82 Å². The Morgan fingerprint density at radius 3 is 2.39 bits per heavy atom. The molecule has 0 radical (unpaired) electrons. The van der Waals surface area contributed by atoms with Crippen molar-refractivity contribution >= 4 is 23.6 Å². The Balaban J connectivity index is 1.63. The molecule has 2 N–H and O–H groups in total. The van der Waals surface area contributed by atoms with Gasteiger partial charge in [-0.1, -0.05) is 36.4 Å². The zero-order chi connectivity index (χ0) is 23.4. The lowest BCUT2D eigenvalue weighted by atomic mass is 9.99. The summed E-state index contributed by atoms with van der Waals surface area (Å²) >= 11 is 0. The van der Waals surface area contributed by atoms with Crippen molar-refractivity contribution in [2.75, 3.05) is 20.8 Å². The normalized spacial score (nSPS) is 13.4. The Kier molecular flexibility index (Phi) is 6.45. The van der Waals surface area contributed by atoms with Crippen molar-refractivity contribution in [2.45, 2.75) is 6.42 Å². The van der Waals surface area contributed by atoms with E-state index in [1.54, 1.807) is 18.2 Å². The molecule has 0 fully saturated rings. The molecule has 0 spiro atoms. The summed E-state index contributed by atoms with van der Waals surface area (Å²) in [6, 6.07) is 17.5. The van der Waals surface area contributed by atoms with Gasteiger partial charge < -0.3 is 19.9 Å². The largest absolute Gasteiger partial charge is 0.502 e. The Morgan fingerprint density at radius 2 is 1.73 bits per heavy atom. The highest BCUT2D eigenvalue weighted by Gasteiger charge is 2.21. The third-order valence-corrected chi connectivity index (χ3v) is 5.48. The summed E-state index contributed by atoms with van der Waals surface area (Å²) in [6.07, 6.45) is 4.06. The number of phenolic OH excluding ortho intramolecular Hbond substituents is 1. The first kappa shape index (κ1) is 22.1. The predicted molar refractivity (Wildman–Crippen MR) is 127 cm³/mol. The molecule has 3 aromatic carbocycles. The number of halogens is 1. The molecule has 33 heavy (non-hydrogen) atoms. The number of hydrogen-bond acceptors (Lipinski definition) is 4. The van der Waals surface area contributed by atoms with Gasteiger partial charge in [0.2, 0.25) is 11.7 Å². The number of rotatable bonds is 7.